The van der Waals surface area contributed by atoms with E-state index < -0.39 is 24.1 Å². The summed E-state index contributed by atoms with van der Waals surface area (Å²) in [7, 11) is 0. The first-order chi connectivity index (χ1) is 11.4. The lowest BCUT2D eigenvalue weighted by Crippen LogP contribution is -2.39. The first-order valence-electron chi connectivity index (χ1n) is 7.59. The van der Waals surface area contributed by atoms with Crippen LogP contribution in [-0.4, -0.2) is 45.6 Å². The Balaban J connectivity index is 1.68. The Morgan fingerprint density at radius 1 is 1.38 bits per heavy atom. The first-order valence-corrected chi connectivity index (χ1v) is 8.47. The van der Waals surface area contributed by atoms with E-state index in [0.29, 0.717) is 6.42 Å². The number of carbonyl (C=O) groups is 2. The summed E-state index contributed by atoms with van der Waals surface area (Å²) < 4.78 is 14.1. The number of likely N-dealkylation sites (tertiary alicyclic amines) is 1. The molecule has 0 bridgehead atoms. The third-order valence-electron chi connectivity index (χ3n) is 4.14. The molecule has 1 aromatic carbocycles. The van der Waals surface area contributed by atoms with Gasteiger partial charge in [-0.15, -0.1) is 11.3 Å². The Kier molecular flexibility index (Phi) is 4.36. The number of alkyl halides is 1. The van der Waals surface area contributed by atoms with Gasteiger partial charge in [0, 0.05) is 24.8 Å². The number of carboxylic acid groups (broad SMARTS) is 1. The van der Waals surface area contributed by atoms with Crippen LogP contribution < -0.4 is 0 Å². The van der Waals surface area contributed by atoms with Crippen molar-refractivity contribution in [3.05, 3.63) is 51.5 Å². The van der Waals surface area contributed by atoms with Gasteiger partial charge in [0.25, 0.3) is 5.91 Å². The van der Waals surface area contributed by atoms with Crippen molar-refractivity contribution in [2.75, 3.05) is 13.1 Å². The van der Waals surface area contributed by atoms with Gasteiger partial charge in [-0.3, -0.25) is 4.79 Å². The summed E-state index contributed by atoms with van der Waals surface area (Å²) in [5, 5.41) is 11.3. The average Bonchev–Trinajstić information content (AvgIpc) is 3.17. The normalized spacial score (nSPS) is 20.3. The topological polar surface area (TPSA) is 70.5 Å². The fraction of sp³-hybridized carbons (Fsp3) is 0.353. The van der Waals surface area contributed by atoms with Gasteiger partial charge in [0.05, 0.1) is 11.6 Å². The van der Waals surface area contributed by atoms with Crippen LogP contribution in [0.5, 0.6) is 0 Å². The smallest absolute Gasteiger partial charge is 0.343 e. The van der Waals surface area contributed by atoms with E-state index in [1.54, 1.807) is 5.38 Å². The van der Waals surface area contributed by atoms with Gasteiger partial charge < -0.3 is 10.0 Å². The van der Waals surface area contributed by atoms with E-state index in [1.165, 1.54) is 21.8 Å². The van der Waals surface area contributed by atoms with Crippen molar-refractivity contribution in [3.8, 4) is 0 Å². The maximum Gasteiger partial charge on any atom is 0.343 e. The summed E-state index contributed by atoms with van der Waals surface area (Å²) in [4.78, 5) is 28.9. The second-order valence-electron chi connectivity index (χ2n) is 6.04. The number of rotatable bonds is 4. The lowest BCUT2D eigenvalue weighted by atomic mass is 10.1. The lowest BCUT2D eigenvalue weighted by molar-refractivity contribution is -0.149. The average molecular weight is 348 g/mol. The van der Waals surface area contributed by atoms with Crippen LogP contribution in [0.2, 0.25) is 0 Å². The summed E-state index contributed by atoms with van der Waals surface area (Å²) in [6.45, 7) is 1.68. The van der Waals surface area contributed by atoms with E-state index in [9.17, 15) is 14.0 Å². The Bertz CT molecular complexity index is 774. The molecule has 1 N–H and O–H groups in total. The zero-order chi connectivity index (χ0) is 17.3. The minimum absolute atomic E-state index is 0.0897. The molecule has 3 rings (SSSR count). The predicted molar refractivity (Wildman–Crippen MR) is 88.1 cm³/mol. The molecular formula is C17H17FN2O3S. The molecule has 0 radical (unpaired) electrons. The Hall–Kier alpha value is -2.28. The Labute approximate surface area is 142 Å². The largest absolute Gasteiger partial charge is 0.479 e. The van der Waals surface area contributed by atoms with Crippen LogP contribution in [0.1, 0.15) is 33.0 Å². The molecular weight excluding hydrogens is 331 g/mol. The van der Waals surface area contributed by atoms with Crippen molar-refractivity contribution < 1.29 is 19.1 Å². The van der Waals surface area contributed by atoms with Gasteiger partial charge in [-0.1, -0.05) is 29.8 Å². The quantitative estimate of drug-likeness (QED) is 0.922. The highest BCUT2D eigenvalue weighted by molar-refractivity contribution is 7.09. The summed E-state index contributed by atoms with van der Waals surface area (Å²) >= 11 is 1.37. The first kappa shape index (κ1) is 16.6. The number of thiazole rings is 1. The van der Waals surface area contributed by atoms with Crippen LogP contribution in [-0.2, 0) is 11.2 Å². The van der Waals surface area contributed by atoms with Gasteiger partial charge >= 0.3 is 5.97 Å². The van der Waals surface area contributed by atoms with Gasteiger partial charge in [-0.25, -0.2) is 14.2 Å². The van der Waals surface area contributed by atoms with Crippen molar-refractivity contribution in [2.45, 2.75) is 25.4 Å². The molecule has 1 saturated heterocycles. The molecule has 2 heterocycles. The summed E-state index contributed by atoms with van der Waals surface area (Å²) in [6.07, 6.45) is 0.439. The summed E-state index contributed by atoms with van der Waals surface area (Å²) in [5.41, 5.74) is 0.174. The van der Waals surface area contributed by atoms with Gasteiger partial charge in [0.15, 0.2) is 0 Å². The second-order valence-corrected chi connectivity index (χ2v) is 6.98. The van der Waals surface area contributed by atoms with E-state index in [-0.39, 0.29) is 18.7 Å². The molecule has 1 fully saturated rings. The van der Waals surface area contributed by atoms with Gasteiger partial charge in [-0.05, 0) is 12.5 Å². The van der Waals surface area contributed by atoms with Crippen LogP contribution in [0, 0.1) is 6.92 Å². The molecule has 0 spiro atoms. The van der Waals surface area contributed by atoms with E-state index in [0.717, 1.165) is 10.6 Å². The van der Waals surface area contributed by atoms with E-state index >= 15 is 0 Å². The third-order valence-corrected chi connectivity index (χ3v) is 4.99. The second kappa shape index (κ2) is 6.32. The minimum atomic E-state index is -2.35. The maximum atomic E-state index is 14.1. The lowest BCUT2D eigenvalue weighted by Gasteiger charge is -2.16. The number of halogens is 1. The van der Waals surface area contributed by atoms with Crippen LogP contribution in [0.3, 0.4) is 0 Å². The highest BCUT2D eigenvalue weighted by Crippen LogP contribution is 2.27. The molecule has 1 aromatic heterocycles. The Morgan fingerprint density at radius 2 is 2.08 bits per heavy atom. The molecule has 1 aliphatic rings. The number of carboxylic acids is 1. The van der Waals surface area contributed by atoms with Crippen molar-refractivity contribution in [3.63, 3.8) is 0 Å². The van der Waals surface area contributed by atoms with Crippen LogP contribution in [0.15, 0.2) is 29.6 Å². The van der Waals surface area contributed by atoms with E-state index in [1.807, 2.05) is 31.2 Å². The predicted octanol–water partition coefficient (Wildman–Crippen LogP) is 2.68. The van der Waals surface area contributed by atoms with Gasteiger partial charge in [-0.2, -0.15) is 0 Å². The zero-order valence-electron chi connectivity index (χ0n) is 13.2. The minimum Gasteiger partial charge on any atom is -0.479 e. The van der Waals surface area contributed by atoms with Crippen molar-refractivity contribution in [1.29, 1.82) is 0 Å². The molecule has 0 aliphatic carbocycles. The molecule has 1 unspecified atom stereocenters. The molecule has 126 valence electrons. The summed E-state index contributed by atoms with van der Waals surface area (Å²) in [6, 6.07) is 8.07. The molecule has 1 amide bonds. The van der Waals surface area contributed by atoms with Gasteiger partial charge in [0.2, 0.25) is 5.67 Å². The van der Waals surface area contributed by atoms with Crippen LogP contribution in [0.4, 0.5) is 4.39 Å². The number of hydrogen-bond acceptors (Lipinski definition) is 4. The van der Waals surface area contributed by atoms with Crippen LogP contribution >= 0.6 is 11.3 Å². The third kappa shape index (κ3) is 3.31. The fourth-order valence-corrected chi connectivity index (χ4v) is 3.46. The molecule has 24 heavy (non-hydrogen) atoms. The number of amides is 1. The number of nitrogens with zero attached hydrogens (tertiary/aromatic N) is 2. The van der Waals surface area contributed by atoms with Crippen LogP contribution in [0.25, 0.3) is 0 Å². The molecule has 7 heteroatoms. The van der Waals surface area contributed by atoms with Crippen molar-refractivity contribution in [1.82, 2.24) is 9.88 Å². The highest BCUT2D eigenvalue weighted by Gasteiger charge is 2.47. The number of aryl methyl sites for hydroxylation is 1. The maximum absolute atomic E-state index is 14.1. The molecule has 1 aliphatic heterocycles. The standard InChI is InChI=1S/C17H17FN2O3S/c1-11-2-4-12(5-3-11)8-14-19-13(9-24-14)15(21)20-7-6-17(18,10-20)16(22)23/h2-5,9H,6-8,10H2,1H3,(H,22,23). The number of carbonyl (C=O) groups excluding carboxylic acids is 1. The number of aliphatic carboxylic acids is 1. The SMILES string of the molecule is Cc1ccc(Cc2nc(C(=O)N3CCC(F)(C(=O)O)C3)cs2)cc1. The molecule has 1 atom stereocenters. The van der Waals surface area contributed by atoms with E-state index in [2.05, 4.69) is 4.98 Å². The molecule has 0 saturated carbocycles. The van der Waals surface area contributed by atoms with E-state index in [4.69, 9.17) is 5.11 Å². The molecule has 5 nitrogen and oxygen atoms in total. The Morgan fingerprint density at radius 3 is 2.71 bits per heavy atom. The number of aromatic nitrogens is 1. The fourth-order valence-electron chi connectivity index (χ4n) is 2.65. The molecule has 2 aromatic rings. The number of hydrogen-bond donors (Lipinski definition) is 1. The van der Waals surface area contributed by atoms with Crippen molar-refractivity contribution in [2.24, 2.45) is 0 Å². The van der Waals surface area contributed by atoms with Crippen molar-refractivity contribution >= 4 is 23.2 Å². The van der Waals surface area contributed by atoms with Gasteiger partial charge in [0.1, 0.15) is 5.69 Å². The highest BCUT2D eigenvalue weighted by atomic mass is 32.1. The monoisotopic (exact) mass is 348 g/mol. The number of benzene rings is 1. The summed E-state index contributed by atoms with van der Waals surface area (Å²) in [5.74, 6) is -1.93. The zero-order valence-corrected chi connectivity index (χ0v) is 14.0.